The van der Waals surface area contributed by atoms with E-state index in [0.29, 0.717) is 11.6 Å². The molecule has 206 valence electrons. The fraction of sp³-hybridized carbons (Fsp3) is 0.571. The number of rotatable bonds is 8. The van der Waals surface area contributed by atoms with Gasteiger partial charge in [-0.1, -0.05) is 20.3 Å². The van der Waals surface area contributed by atoms with Crippen LogP contribution in [-0.2, 0) is 4.74 Å². The third kappa shape index (κ3) is 6.70. The number of H-pyrrole nitrogens is 1. The minimum absolute atomic E-state index is 0.0899. The van der Waals surface area contributed by atoms with Gasteiger partial charge in [0.15, 0.2) is 5.82 Å². The summed E-state index contributed by atoms with van der Waals surface area (Å²) < 4.78 is 5.82. The number of pyridine rings is 2. The molecule has 3 N–H and O–H groups in total. The first kappa shape index (κ1) is 28.0. The van der Waals surface area contributed by atoms with Crippen LogP contribution in [0.5, 0.6) is 0 Å². The molecule has 0 aromatic carbocycles. The lowest BCUT2D eigenvalue weighted by molar-refractivity contribution is -0.00892. The molecule has 9 nitrogen and oxygen atoms in total. The zero-order chi connectivity index (χ0) is 27.4. The summed E-state index contributed by atoms with van der Waals surface area (Å²) >= 11 is 1.66. The van der Waals surface area contributed by atoms with Gasteiger partial charge in [-0.25, -0.2) is 9.78 Å². The Kier molecular flexibility index (Phi) is 8.70. The van der Waals surface area contributed by atoms with E-state index in [4.69, 9.17) is 14.7 Å². The first-order chi connectivity index (χ1) is 18.1. The first-order valence-electron chi connectivity index (χ1n) is 13.5. The largest absolute Gasteiger partial charge is 0.444 e. The number of hydrogen-bond acceptors (Lipinski definition) is 8. The number of nitrogens with one attached hydrogen (secondary N) is 3. The Morgan fingerprint density at radius 1 is 1.18 bits per heavy atom. The maximum Gasteiger partial charge on any atom is 0.410 e. The third-order valence-corrected chi connectivity index (χ3v) is 7.48. The second kappa shape index (κ2) is 11.8. The summed E-state index contributed by atoms with van der Waals surface area (Å²) in [5.74, 6) is 2.18. The van der Waals surface area contributed by atoms with E-state index in [1.807, 2.05) is 57.2 Å². The standard InChI is InChI=1S/C28H41N7O2S/c1-8-10-20-13-18(12-19(9-2)35(20)27(36)37-28(4,5)6)30-26-22-14-21(38-7)16-29-23(22)15-24(32-26)31-25-11-17(3)33-34-25/h11,14-16,18-20H,8-10,12-13H2,1-7H3,(H3,30,31,32,33,34)/t18?,19-,20+/m1/s1. The average Bonchev–Trinajstić information content (AvgIpc) is 3.26. The average molecular weight is 540 g/mol. The molecule has 0 bridgehead atoms. The van der Waals surface area contributed by atoms with E-state index in [1.165, 1.54) is 0 Å². The van der Waals surface area contributed by atoms with Crippen LogP contribution in [0, 0.1) is 6.92 Å². The van der Waals surface area contributed by atoms with E-state index in [0.717, 1.165) is 59.4 Å². The summed E-state index contributed by atoms with van der Waals surface area (Å²) in [7, 11) is 0. The summed E-state index contributed by atoms with van der Waals surface area (Å²) in [5.41, 5.74) is 1.31. The quantitative estimate of drug-likeness (QED) is 0.266. The highest BCUT2D eigenvalue weighted by atomic mass is 32.2. The van der Waals surface area contributed by atoms with E-state index in [2.05, 4.69) is 40.7 Å². The van der Waals surface area contributed by atoms with Crippen LogP contribution in [0.1, 0.15) is 72.4 Å². The van der Waals surface area contributed by atoms with Gasteiger partial charge in [0.1, 0.15) is 17.2 Å². The lowest BCUT2D eigenvalue weighted by atomic mass is 9.88. The van der Waals surface area contributed by atoms with E-state index in [9.17, 15) is 4.79 Å². The van der Waals surface area contributed by atoms with Crippen molar-refractivity contribution in [1.82, 2.24) is 25.1 Å². The Bertz CT molecular complexity index is 1260. The number of hydrogen-bond donors (Lipinski definition) is 3. The normalized spacial score (nSPS) is 20.0. The number of amides is 1. The molecule has 0 radical (unpaired) electrons. The number of nitrogens with zero attached hydrogens (tertiary/aromatic N) is 4. The number of piperidine rings is 1. The fourth-order valence-corrected chi connectivity index (χ4v) is 5.55. The Morgan fingerprint density at radius 3 is 2.58 bits per heavy atom. The van der Waals surface area contributed by atoms with Crippen molar-refractivity contribution in [2.24, 2.45) is 0 Å². The molecule has 3 atom stereocenters. The molecule has 1 saturated heterocycles. The van der Waals surface area contributed by atoms with Gasteiger partial charge in [0.05, 0.1) is 5.52 Å². The number of thioether (sulfide) groups is 1. The minimum atomic E-state index is -0.521. The van der Waals surface area contributed by atoms with Crippen molar-refractivity contribution in [3.63, 3.8) is 0 Å². The van der Waals surface area contributed by atoms with Crippen LogP contribution in [0.3, 0.4) is 0 Å². The molecule has 1 aliphatic heterocycles. The predicted octanol–water partition coefficient (Wildman–Crippen LogP) is 6.89. The Labute approximate surface area is 229 Å². The van der Waals surface area contributed by atoms with Crippen molar-refractivity contribution in [2.45, 2.75) is 102 Å². The number of ether oxygens (including phenoxy) is 1. The summed E-state index contributed by atoms with van der Waals surface area (Å²) in [6.07, 6.45) is 8.18. The van der Waals surface area contributed by atoms with Crippen molar-refractivity contribution in [3.8, 4) is 0 Å². The topological polar surface area (TPSA) is 108 Å². The Balaban J connectivity index is 1.65. The number of carbonyl (C=O) groups is 1. The monoisotopic (exact) mass is 539 g/mol. The molecule has 0 aliphatic carbocycles. The Hall–Kier alpha value is -3.01. The van der Waals surface area contributed by atoms with Gasteiger partial charge in [-0.2, -0.15) is 5.10 Å². The molecule has 0 saturated carbocycles. The van der Waals surface area contributed by atoms with Crippen molar-refractivity contribution < 1.29 is 9.53 Å². The lowest BCUT2D eigenvalue weighted by Gasteiger charge is -2.45. The SMILES string of the molecule is CCC[C@H]1CC(Nc2nc(Nc3cc(C)[nH]n3)cc3ncc(SC)cc23)C[C@@H](CC)N1C(=O)OC(C)(C)C. The van der Waals surface area contributed by atoms with E-state index < -0.39 is 5.60 Å². The molecule has 3 aromatic rings. The molecule has 10 heteroatoms. The van der Waals surface area contributed by atoms with Gasteiger partial charge in [-0.05, 0) is 65.7 Å². The molecule has 38 heavy (non-hydrogen) atoms. The minimum Gasteiger partial charge on any atom is -0.444 e. The molecule has 3 aromatic heterocycles. The van der Waals surface area contributed by atoms with Gasteiger partial charge in [0.25, 0.3) is 0 Å². The third-order valence-electron chi connectivity index (χ3n) is 6.79. The maximum absolute atomic E-state index is 13.2. The summed E-state index contributed by atoms with van der Waals surface area (Å²) in [6, 6.07) is 6.39. The highest BCUT2D eigenvalue weighted by molar-refractivity contribution is 7.98. The summed E-state index contributed by atoms with van der Waals surface area (Å²) in [6.45, 7) is 12.1. The van der Waals surface area contributed by atoms with E-state index >= 15 is 0 Å². The van der Waals surface area contributed by atoms with Gasteiger partial charge in [-0.3, -0.25) is 10.1 Å². The van der Waals surface area contributed by atoms with Crippen LogP contribution in [0.4, 0.5) is 22.2 Å². The first-order valence-corrected chi connectivity index (χ1v) is 14.7. The van der Waals surface area contributed by atoms with Gasteiger partial charge >= 0.3 is 6.09 Å². The molecular formula is C28H41N7O2S. The van der Waals surface area contributed by atoms with E-state index in [1.54, 1.807) is 11.8 Å². The van der Waals surface area contributed by atoms with E-state index in [-0.39, 0.29) is 24.2 Å². The van der Waals surface area contributed by atoms with Crippen molar-refractivity contribution in [3.05, 3.63) is 30.1 Å². The van der Waals surface area contributed by atoms with Gasteiger partial charge in [0, 0.05) is 52.4 Å². The van der Waals surface area contributed by atoms with Crippen LogP contribution in [0.25, 0.3) is 10.9 Å². The van der Waals surface area contributed by atoms with Crippen LogP contribution in [0.15, 0.2) is 29.3 Å². The van der Waals surface area contributed by atoms with Crippen molar-refractivity contribution in [1.29, 1.82) is 0 Å². The predicted molar refractivity (Wildman–Crippen MR) is 155 cm³/mol. The second-order valence-corrected chi connectivity index (χ2v) is 11.9. The molecule has 0 spiro atoms. The molecule has 4 heterocycles. The number of aromatic amines is 1. The summed E-state index contributed by atoms with van der Waals surface area (Å²) in [4.78, 5) is 26.0. The van der Waals surface area contributed by atoms with Gasteiger partial charge in [-0.15, -0.1) is 11.8 Å². The zero-order valence-electron chi connectivity index (χ0n) is 23.6. The van der Waals surface area contributed by atoms with Gasteiger partial charge in [0.2, 0.25) is 0 Å². The molecule has 1 amide bonds. The second-order valence-electron chi connectivity index (χ2n) is 11.1. The van der Waals surface area contributed by atoms with Gasteiger partial charge < -0.3 is 20.3 Å². The number of aryl methyl sites for hydroxylation is 1. The molecule has 1 fully saturated rings. The Morgan fingerprint density at radius 2 is 1.95 bits per heavy atom. The molecule has 4 rings (SSSR count). The summed E-state index contributed by atoms with van der Waals surface area (Å²) in [5, 5.41) is 15.3. The number of likely N-dealkylation sites (tertiary alicyclic amines) is 1. The number of anilines is 3. The van der Waals surface area contributed by atoms with Crippen molar-refractivity contribution in [2.75, 3.05) is 16.9 Å². The van der Waals surface area contributed by atoms with Crippen LogP contribution in [-0.4, -0.2) is 61.1 Å². The highest BCUT2D eigenvalue weighted by Gasteiger charge is 2.39. The van der Waals surface area contributed by atoms with Crippen molar-refractivity contribution >= 4 is 46.2 Å². The smallest absolute Gasteiger partial charge is 0.410 e. The van der Waals surface area contributed by atoms with Crippen LogP contribution >= 0.6 is 11.8 Å². The maximum atomic E-state index is 13.2. The highest BCUT2D eigenvalue weighted by Crippen LogP contribution is 2.34. The zero-order valence-corrected chi connectivity index (χ0v) is 24.4. The molecular weight excluding hydrogens is 498 g/mol. The fourth-order valence-electron chi connectivity index (χ4n) is 5.16. The molecule has 1 unspecified atom stereocenters. The van der Waals surface area contributed by atoms with Crippen LogP contribution in [0.2, 0.25) is 0 Å². The number of carbonyl (C=O) groups excluding carboxylic acids is 1. The lowest BCUT2D eigenvalue weighted by Crippen LogP contribution is -2.55. The number of aromatic nitrogens is 4. The number of fused-ring (bicyclic) bond motifs is 1. The van der Waals surface area contributed by atoms with Crippen LogP contribution < -0.4 is 10.6 Å². The molecule has 1 aliphatic rings.